The Morgan fingerprint density at radius 2 is 2.35 bits per heavy atom. The van der Waals surface area contributed by atoms with Crippen LogP contribution in [0.1, 0.15) is 31.7 Å². The Morgan fingerprint density at radius 3 is 3.10 bits per heavy atom. The second-order valence-corrected chi connectivity index (χ2v) is 5.23. The monoisotopic (exact) mass is 277 g/mol. The molecule has 0 bridgehead atoms. The summed E-state index contributed by atoms with van der Waals surface area (Å²) >= 11 is 0. The van der Waals surface area contributed by atoms with E-state index in [-0.39, 0.29) is 24.5 Å². The Bertz CT molecular complexity index is 447. The van der Waals surface area contributed by atoms with Gasteiger partial charge in [-0.3, -0.25) is 4.79 Å². The van der Waals surface area contributed by atoms with E-state index >= 15 is 0 Å². The SMILES string of the molecule is CCC1OCCC1C(=O)Nc1cccc(CCCO)c1. The van der Waals surface area contributed by atoms with Gasteiger partial charge in [0.05, 0.1) is 12.0 Å². The highest BCUT2D eigenvalue weighted by Gasteiger charge is 2.32. The number of rotatable bonds is 6. The minimum atomic E-state index is -0.0407. The number of aliphatic hydroxyl groups is 1. The highest BCUT2D eigenvalue weighted by atomic mass is 16.5. The second kappa shape index (κ2) is 7.41. The van der Waals surface area contributed by atoms with Gasteiger partial charge in [-0.05, 0) is 43.4 Å². The van der Waals surface area contributed by atoms with Crippen molar-refractivity contribution in [3.05, 3.63) is 29.8 Å². The van der Waals surface area contributed by atoms with E-state index in [2.05, 4.69) is 5.32 Å². The number of carbonyl (C=O) groups is 1. The van der Waals surface area contributed by atoms with Gasteiger partial charge in [-0.2, -0.15) is 0 Å². The molecule has 20 heavy (non-hydrogen) atoms. The molecule has 4 nitrogen and oxygen atoms in total. The maximum Gasteiger partial charge on any atom is 0.230 e. The number of hydrogen-bond donors (Lipinski definition) is 2. The van der Waals surface area contributed by atoms with Crippen LogP contribution < -0.4 is 5.32 Å². The van der Waals surface area contributed by atoms with Crippen LogP contribution >= 0.6 is 0 Å². The van der Waals surface area contributed by atoms with Crippen LogP contribution in [0.2, 0.25) is 0 Å². The molecule has 1 saturated heterocycles. The van der Waals surface area contributed by atoms with Crippen LogP contribution in [0.5, 0.6) is 0 Å². The summed E-state index contributed by atoms with van der Waals surface area (Å²) in [5.74, 6) is 0.00903. The van der Waals surface area contributed by atoms with Crippen molar-refractivity contribution in [2.45, 2.75) is 38.7 Å². The third-order valence-electron chi connectivity index (χ3n) is 3.77. The number of benzene rings is 1. The lowest BCUT2D eigenvalue weighted by Gasteiger charge is -2.16. The van der Waals surface area contributed by atoms with Gasteiger partial charge in [0.1, 0.15) is 0 Å². The predicted octanol–water partition coefficient (Wildman–Crippen LogP) is 2.37. The van der Waals surface area contributed by atoms with Crippen molar-refractivity contribution in [1.29, 1.82) is 0 Å². The predicted molar refractivity (Wildman–Crippen MR) is 78.6 cm³/mol. The molecule has 0 aromatic heterocycles. The average Bonchev–Trinajstić information content (AvgIpc) is 2.94. The summed E-state index contributed by atoms with van der Waals surface area (Å²) in [6, 6.07) is 7.82. The van der Waals surface area contributed by atoms with Crippen LogP contribution in [0.25, 0.3) is 0 Å². The summed E-state index contributed by atoms with van der Waals surface area (Å²) in [6.45, 7) is 2.91. The number of aryl methyl sites for hydroxylation is 1. The summed E-state index contributed by atoms with van der Waals surface area (Å²) in [6.07, 6.45) is 3.28. The molecule has 2 atom stereocenters. The normalized spacial score (nSPS) is 21.9. The molecule has 2 rings (SSSR count). The molecular weight excluding hydrogens is 254 g/mol. The Balaban J connectivity index is 1.97. The zero-order valence-electron chi connectivity index (χ0n) is 12.0. The van der Waals surface area contributed by atoms with Crippen molar-refractivity contribution in [2.24, 2.45) is 5.92 Å². The van der Waals surface area contributed by atoms with Crippen LogP contribution in [-0.2, 0) is 16.0 Å². The topological polar surface area (TPSA) is 58.6 Å². The van der Waals surface area contributed by atoms with E-state index in [9.17, 15) is 4.79 Å². The largest absolute Gasteiger partial charge is 0.396 e. The first-order chi connectivity index (χ1) is 9.74. The first kappa shape index (κ1) is 15.0. The highest BCUT2D eigenvalue weighted by Crippen LogP contribution is 2.25. The van der Waals surface area contributed by atoms with Crippen LogP contribution in [-0.4, -0.2) is 30.3 Å². The molecule has 1 heterocycles. The maximum absolute atomic E-state index is 12.3. The molecule has 1 aromatic rings. The quantitative estimate of drug-likeness (QED) is 0.839. The Labute approximate surface area is 120 Å². The number of hydrogen-bond acceptors (Lipinski definition) is 3. The fraction of sp³-hybridized carbons (Fsp3) is 0.562. The van der Waals surface area contributed by atoms with Gasteiger partial charge in [-0.25, -0.2) is 0 Å². The van der Waals surface area contributed by atoms with Crippen molar-refractivity contribution in [3.63, 3.8) is 0 Å². The summed E-state index contributed by atoms with van der Waals surface area (Å²) in [5.41, 5.74) is 1.96. The summed E-state index contributed by atoms with van der Waals surface area (Å²) in [4.78, 5) is 12.3. The van der Waals surface area contributed by atoms with Gasteiger partial charge in [0.2, 0.25) is 5.91 Å². The van der Waals surface area contributed by atoms with Gasteiger partial charge < -0.3 is 15.2 Å². The molecule has 2 N–H and O–H groups in total. The summed E-state index contributed by atoms with van der Waals surface area (Å²) in [5, 5.41) is 11.8. The van der Waals surface area contributed by atoms with Crippen LogP contribution in [0.15, 0.2) is 24.3 Å². The number of amides is 1. The van der Waals surface area contributed by atoms with E-state index in [1.807, 2.05) is 31.2 Å². The van der Waals surface area contributed by atoms with Crippen molar-refractivity contribution >= 4 is 11.6 Å². The molecular formula is C16H23NO3. The van der Waals surface area contributed by atoms with E-state index in [1.54, 1.807) is 0 Å². The van der Waals surface area contributed by atoms with Gasteiger partial charge in [-0.15, -0.1) is 0 Å². The summed E-state index contributed by atoms with van der Waals surface area (Å²) < 4.78 is 5.56. The maximum atomic E-state index is 12.3. The number of ether oxygens (including phenoxy) is 1. The van der Waals surface area contributed by atoms with Gasteiger partial charge in [-0.1, -0.05) is 19.1 Å². The van der Waals surface area contributed by atoms with Crippen LogP contribution in [0.3, 0.4) is 0 Å². The number of carbonyl (C=O) groups excluding carboxylic acids is 1. The fourth-order valence-electron chi connectivity index (χ4n) is 2.67. The fourth-order valence-corrected chi connectivity index (χ4v) is 2.67. The molecule has 0 aliphatic carbocycles. The zero-order chi connectivity index (χ0) is 14.4. The molecule has 4 heteroatoms. The lowest BCUT2D eigenvalue weighted by molar-refractivity contribution is -0.121. The first-order valence-corrected chi connectivity index (χ1v) is 7.37. The average molecular weight is 277 g/mol. The molecule has 1 amide bonds. The third-order valence-corrected chi connectivity index (χ3v) is 3.77. The molecule has 0 saturated carbocycles. The smallest absolute Gasteiger partial charge is 0.230 e. The zero-order valence-corrected chi connectivity index (χ0v) is 12.0. The lowest BCUT2D eigenvalue weighted by atomic mass is 9.98. The van der Waals surface area contributed by atoms with Gasteiger partial charge in [0.25, 0.3) is 0 Å². The number of aliphatic hydroxyl groups excluding tert-OH is 1. The molecule has 1 fully saturated rings. The van der Waals surface area contributed by atoms with Crippen molar-refractivity contribution in [2.75, 3.05) is 18.5 Å². The van der Waals surface area contributed by atoms with Gasteiger partial charge >= 0.3 is 0 Å². The number of anilines is 1. The van der Waals surface area contributed by atoms with E-state index in [0.29, 0.717) is 6.61 Å². The van der Waals surface area contributed by atoms with Crippen molar-refractivity contribution in [1.82, 2.24) is 0 Å². The molecule has 1 aliphatic heterocycles. The van der Waals surface area contributed by atoms with Crippen LogP contribution in [0, 0.1) is 5.92 Å². The molecule has 0 radical (unpaired) electrons. The van der Waals surface area contributed by atoms with E-state index in [0.717, 1.165) is 36.9 Å². The van der Waals surface area contributed by atoms with Gasteiger partial charge in [0.15, 0.2) is 0 Å². The Morgan fingerprint density at radius 1 is 1.50 bits per heavy atom. The minimum Gasteiger partial charge on any atom is -0.396 e. The third kappa shape index (κ3) is 3.81. The van der Waals surface area contributed by atoms with E-state index in [4.69, 9.17) is 9.84 Å². The Hall–Kier alpha value is -1.39. The van der Waals surface area contributed by atoms with E-state index < -0.39 is 0 Å². The van der Waals surface area contributed by atoms with Crippen LogP contribution in [0.4, 0.5) is 5.69 Å². The first-order valence-electron chi connectivity index (χ1n) is 7.37. The molecule has 1 aliphatic rings. The minimum absolute atomic E-state index is 0.0407. The van der Waals surface area contributed by atoms with Crippen molar-refractivity contribution < 1.29 is 14.6 Å². The van der Waals surface area contributed by atoms with Crippen molar-refractivity contribution in [3.8, 4) is 0 Å². The van der Waals surface area contributed by atoms with Gasteiger partial charge in [0, 0.05) is 18.9 Å². The highest BCUT2D eigenvalue weighted by molar-refractivity contribution is 5.93. The molecule has 110 valence electrons. The summed E-state index contributed by atoms with van der Waals surface area (Å²) in [7, 11) is 0. The lowest BCUT2D eigenvalue weighted by Crippen LogP contribution is -2.29. The molecule has 0 spiro atoms. The number of nitrogens with one attached hydrogen (secondary N) is 1. The Kier molecular flexibility index (Phi) is 5.56. The van der Waals surface area contributed by atoms with E-state index in [1.165, 1.54) is 0 Å². The second-order valence-electron chi connectivity index (χ2n) is 5.23. The molecule has 1 aromatic carbocycles. The molecule has 2 unspecified atom stereocenters. The standard InChI is InChI=1S/C16H23NO3/c1-2-15-14(8-10-20-15)16(19)17-13-7-3-5-12(11-13)6-4-9-18/h3,5,7,11,14-15,18H,2,4,6,8-10H2,1H3,(H,17,19).